The van der Waals surface area contributed by atoms with E-state index in [1.807, 2.05) is 7.05 Å². The highest BCUT2D eigenvalue weighted by Gasteiger charge is 2.38. The zero-order chi connectivity index (χ0) is 12.5. The molecule has 6 nitrogen and oxygen atoms in total. The Morgan fingerprint density at radius 2 is 2.47 bits per heavy atom. The first-order valence-electron chi connectivity index (χ1n) is 5.61. The number of rotatable bonds is 3. The number of nitrogens with zero attached hydrogens (tertiary/aromatic N) is 3. The summed E-state index contributed by atoms with van der Waals surface area (Å²) in [7, 11) is 1.85. The zero-order valence-corrected chi connectivity index (χ0v) is 10.6. The summed E-state index contributed by atoms with van der Waals surface area (Å²) in [5.41, 5.74) is 10.5. The van der Waals surface area contributed by atoms with Crippen molar-refractivity contribution in [2.75, 3.05) is 0 Å². The highest BCUT2D eigenvalue weighted by molar-refractivity contribution is 7.99. The van der Waals surface area contributed by atoms with Crippen molar-refractivity contribution in [3.8, 4) is 0 Å². The third-order valence-corrected chi connectivity index (χ3v) is 4.49. The van der Waals surface area contributed by atoms with E-state index in [4.69, 9.17) is 11.5 Å². The van der Waals surface area contributed by atoms with Crippen molar-refractivity contribution in [2.24, 2.45) is 18.5 Å². The lowest BCUT2D eigenvalue weighted by Gasteiger charge is -2.34. The molecule has 1 aliphatic carbocycles. The average molecular weight is 255 g/mol. The topological polar surface area (TPSA) is 99.8 Å². The molecule has 1 aliphatic rings. The van der Waals surface area contributed by atoms with Gasteiger partial charge in [0.1, 0.15) is 6.33 Å². The van der Waals surface area contributed by atoms with Crippen molar-refractivity contribution in [1.82, 2.24) is 14.8 Å². The van der Waals surface area contributed by atoms with Gasteiger partial charge in [0.2, 0.25) is 5.91 Å². The Bertz CT molecular complexity index is 421. The number of thioether (sulfide) groups is 1. The first kappa shape index (κ1) is 12.4. The van der Waals surface area contributed by atoms with Crippen LogP contribution >= 0.6 is 11.8 Å². The molecular formula is C10H17N5OS. The molecule has 2 unspecified atom stereocenters. The maximum atomic E-state index is 11.3. The van der Waals surface area contributed by atoms with Crippen molar-refractivity contribution >= 4 is 17.7 Å². The Morgan fingerprint density at radius 1 is 1.71 bits per heavy atom. The number of aromatic nitrogens is 3. The lowest BCUT2D eigenvalue weighted by molar-refractivity contribution is -0.124. The van der Waals surface area contributed by atoms with Crippen LogP contribution in [0.3, 0.4) is 0 Å². The fourth-order valence-corrected chi connectivity index (χ4v) is 3.39. The largest absolute Gasteiger partial charge is 0.368 e. The van der Waals surface area contributed by atoms with Gasteiger partial charge in [-0.2, -0.15) is 5.10 Å². The second kappa shape index (κ2) is 4.66. The SMILES string of the molecule is Cn1ncnc1SC1CCCC(N)(C(N)=O)C1. The van der Waals surface area contributed by atoms with Crippen molar-refractivity contribution in [2.45, 2.75) is 41.6 Å². The highest BCUT2D eigenvalue weighted by atomic mass is 32.2. The molecule has 2 atom stereocenters. The Morgan fingerprint density at radius 3 is 3.06 bits per heavy atom. The van der Waals surface area contributed by atoms with E-state index in [0.29, 0.717) is 12.8 Å². The van der Waals surface area contributed by atoms with Gasteiger partial charge in [-0.15, -0.1) is 0 Å². The minimum absolute atomic E-state index is 0.282. The smallest absolute Gasteiger partial charge is 0.237 e. The monoisotopic (exact) mass is 255 g/mol. The number of carbonyl (C=O) groups is 1. The summed E-state index contributed by atoms with van der Waals surface area (Å²) in [6, 6.07) is 0. The third kappa shape index (κ3) is 2.61. The summed E-state index contributed by atoms with van der Waals surface area (Å²) < 4.78 is 1.72. The molecule has 1 aromatic heterocycles. The molecule has 4 N–H and O–H groups in total. The van der Waals surface area contributed by atoms with Crippen LogP contribution in [0.1, 0.15) is 25.7 Å². The van der Waals surface area contributed by atoms with Crippen LogP contribution < -0.4 is 11.5 Å². The molecule has 0 aromatic carbocycles. The maximum Gasteiger partial charge on any atom is 0.237 e. The molecule has 0 spiro atoms. The van der Waals surface area contributed by atoms with Crippen LogP contribution in [0.2, 0.25) is 0 Å². The lowest BCUT2D eigenvalue weighted by atomic mass is 9.82. The minimum atomic E-state index is -0.853. The molecule has 7 heteroatoms. The molecule has 1 heterocycles. The van der Waals surface area contributed by atoms with Crippen LogP contribution in [0.15, 0.2) is 11.5 Å². The number of amides is 1. The predicted octanol–water partition coefficient (Wildman–Crippen LogP) is 0.0326. The normalized spacial score (nSPS) is 29.2. The van der Waals surface area contributed by atoms with E-state index in [0.717, 1.165) is 18.0 Å². The first-order valence-corrected chi connectivity index (χ1v) is 6.49. The number of aryl methyl sites for hydroxylation is 1. The van der Waals surface area contributed by atoms with Crippen molar-refractivity contribution in [3.05, 3.63) is 6.33 Å². The molecule has 1 fully saturated rings. The van der Waals surface area contributed by atoms with E-state index in [1.165, 1.54) is 6.33 Å². The van der Waals surface area contributed by atoms with Gasteiger partial charge in [-0.05, 0) is 25.7 Å². The number of hydrogen-bond acceptors (Lipinski definition) is 5. The van der Waals surface area contributed by atoms with Crippen molar-refractivity contribution < 1.29 is 4.79 Å². The molecule has 0 bridgehead atoms. The summed E-state index contributed by atoms with van der Waals surface area (Å²) in [6.07, 6.45) is 4.77. The summed E-state index contributed by atoms with van der Waals surface area (Å²) in [6.45, 7) is 0. The van der Waals surface area contributed by atoms with Crippen LogP contribution in [0.4, 0.5) is 0 Å². The van der Waals surface area contributed by atoms with Gasteiger partial charge in [0, 0.05) is 12.3 Å². The summed E-state index contributed by atoms with van der Waals surface area (Å²) >= 11 is 1.62. The molecule has 1 amide bonds. The van der Waals surface area contributed by atoms with E-state index in [1.54, 1.807) is 16.4 Å². The summed E-state index contributed by atoms with van der Waals surface area (Å²) in [4.78, 5) is 15.5. The van der Waals surface area contributed by atoms with Gasteiger partial charge in [-0.1, -0.05) is 11.8 Å². The Labute approximate surface area is 104 Å². The van der Waals surface area contributed by atoms with Gasteiger partial charge in [0.25, 0.3) is 0 Å². The summed E-state index contributed by atoms with van der Waals surface area (Å²) in [5.74, 6) is -0.402. The molecular weight excluding hydrogens is 238 g/mol. The van der Waals surface area contributed by atoms with Crippen molar-refractivity contribution in [3.63, 3.8) is 0 Å². The second-order valence-electron chi connectivity index (χ2n) is 4.52. The second-order valence-corrected chi connectivity index (χ2v) is 5.79. The molecule has 17 heavy (non-hydrogen) atoms. The third-order valence-electron chi connectivity index (χ3n) is 3.17. The molecule has 0 radical (unpaired) electrons. The van der Waals surface area contributed by atoms with Gasteiger partial charge >= 0.3 is 0 Å². The Hall–Kier alpha value is -1.08. The summed E-state index contributed by atoms with van der Waals surface area (Å²) in [5, 5.41) is 5.15. The van der Waals surface area contributed by atoms with E-state index < -0.39 is 11.4 Å². The zero-order valence-electron chi connectivity index (χ0n) is 9.80. The molecule has 1 saturated carbocycles. The van der Waals surface area contributed by atoms with Gasteiger partial charge in [-0.3, -0.25) is 4.79 Å². The highest BCUT2D eigenvalue weighted by Crippen LogP contribution is 2.36. The maximum absolute atomic E-state index is 11.3. The van der Waals surface area contributed by atoms with Crippen LogP contribution in [0, 0.1) is 0 Å². The number of carbonyl (C=O) groups excluding carboxylic acids is 1. The molecule has 94 valence electrons. The Kier molecular flexibility index (Phi) is 3.39. The van der Waals surface area contributed by atoms with Crippen LogP contribution in [-0.4, -0.2) is 31.5 Å². The van der Waals surface area contributed by atoms with E-state index >= 15 is 0 Å². The molecule has 1 aromatic rings. The van der Waals surface area contributed by atoms with E-state index in [2.05, 4.69) is 10.1 Å². The fourth-order valence-electron chi connectivity index (χ4n) is 2.12. The van der Waals surface area contributed by atoms with E-state index in [9.17, 15) is 4.79 Å². The minimum Gasteiger partial charge on any atom is -0.368 e. The fraction of sp³-hybridized carbons (Fsp3) is 0.700. The molecule has 2 rings (SSSR count). The lowest BCUT2D eigenvalue weighted by Crippen LogP contribution is -2.55. The first-order chi connectivity index (χ1) is 8.01. The van der Waals surface area contributed by atoms with Crippen LogP contribution in [0.25, 0.3) is 0 Å². The van der Waals surface area contributed by atoms with Crippen LogP contribution in [-0.2, 0) is 11.8 Å². The number of primary amides is 1. The Balaban J connectivity index is 2.03. The predicted molar refractivity (Wildman–Crippen MR) is 65.2 cm³/mol. The van der Waals surface area contributed by atoms with Gasteiger partial charge in [0.15, 0.2) is 5.16 Å². The van der Waals surface area contributed by atoms with Gasteiger partial charge in [-0.25, -0.2) is 9.67 Å². The standard InChI is InChI=1S/C10H17N5OS/c1-15-9(13-6-14-15)17-7-3-2-4-10(12,5-7)8(11)16/h6-7H,2-5,12H2,1H3,(H2,11,16). The van der Waals surface area contributed by atoms with Crippen molar-refractivity contribution in [1.29, 1.82) is 0 Å². The number of hydrogen-bond donors (Lipinski definition) is 2. The van der Waals surface area contributed by atoms with E-state index in [-0.39, 0.29) is 5.25 Å². The molecule has 0 aliphatic heterocycles. The van der Waals surface area contributed by atoms with Gasteiger partial charge < -0.3 is 11.5 Å². The average Bonchev–Trinajstić information content (AvgIpc) is 2.64. The van der Waals surface area contributed by atoms with Gasteiger partial charge in [0.05, 0.1) is 5.54 Å². The number of nitrogens with two attached hydrogens (primary N) is 2. The van der Waals surface area contributed by atoms with Crippen LogP contribution in [0.5, 0.6) is 0 Å². The quantitative estimate of drug-likeness (QED) is 0.794. The molecule has 0 saturated heterocycles.